The summed E-state index contributed by atoms with van der Waals surface area (Å²) in [7, 11) is 0. The average molecular weight is 436 g/mol. The van der Waals surface area contributed by atoms with Gasteiger partial charge in [0.15, 0.2) is 0 Å². The van der Waals surface area contributed by atoms with Gasteiger partial charge in [-0.3, -0.25) is 9.59 Å². The van der Waals surface area contributed by atoms with Crippen LogP contribution in [0.15, 0.2) is 24.3 Å². The Morgan fingerprint density at radius 1 is 0.968 bits per heavy atom. The maximum atomic E-state index is 13.3. The monoisotopic (exact) mass is 435 g/mol. The Balaban J connectivity index is 3.29. The van der Waals surface area contributed by atoms with Gasteiger partial charge in [0, 0.05) is 11.1 Å². The van der Waals surface area contributed by atoms with E-state index in [2.05, 4.69) is 10.6 Å². The second-order valence-electron chi connectivity index (χ2n) is 10.5. The second kappa shape index (κ2) is 9.58. The van der Waals surface area contributed by atoms with Crippen LogP contribution in [-0.2, 0) is 14.3 Å². The van der Waals surface area contributed by atoms with Crippen molar-refractivity contribution in [2.45, 2.75) is 85.0 Å². The molecule has 8 heteroatoms. The molecule has 0 aliphatic heterocycles. The lowest BCUT2D eigenvalue weighted by Gasteiger charge is -2.42. The van der Waals surface area contributed by atoms with Gasteiger partial charge in [-0.25, -0.2) is 4.79 Å². The second-order valence-corrected chi connectivity index (χ2v) is 10.5. The van der Waals surface area contributed by atoms with Gasteiger partial charge in [-0.05, 0) is 80.0 Å². The molecule has 0 saturated carbocycles. The van der Waals surface area contributed by atoms with Gasteiger partial charge in [0.25, 0.3) is 0 Å². The first-order valence-corrected chi connectivity index (χ1v) is 10.3. The summed E-state index contributed by atoms with van der Waals surface area (Å²) < 4.78 is 5.20. The highest BCUT2D eigenvalue weighted by atomic mass is 16.6. The lowest BCUT2D eigenvalue weighted by molar-refractivity contribution is -0.146. The predicted octanol–water partition coefficient (Wildman–Crippen LogP) is 3.50. The number of alkyl carbamates (subject to hydrolysis) is 1. The minimum atomic E-state index is -0.965. The maximum absolute atomic E-state index is 13.3. The van der Waals surface area contributed by atoms with Gasteiger partial charge in [-0.1, -0.05) is 12.1 Å². The van der Waals surface area contributed by atoms with E-state index in [1.165, 1.54) is 17.0 Å². The molecule has 1 unspecified atom stereocenters. The van der Waals surface area contributed by atoms with E-state index < -0.39 is 34.7 Å². The summed E-state index contributed by atoms with van der Waals surface area (Å²) in [6.07, 6.45) is -0.713. The SMILES string of the molecule is CC(C)(C)NC(=O)C(c1ccc(O)cc1)N(C(=O)CNC(=O)OC(C)(C)C)C(C)(C)C. The summed E-state index contributed by atoms with van der Waals surface area (Å²) in [6.45, 7) is 15.9. The number of carbonyl (C=O) groups excluding carboxylic acids is 3. The number of aromatic hydroxyl groups is 1. The Kier molecular flexibility index (Phi) is 8.11. The predicted molar refractivity (Wildman–Crippen MR) is 120 cm³/mol. The molecule has 174 valence electrons. The number of nitrogens with one attached hydrogen (secondary N) is 2. The Bertz CT molecular complexity index is 783. The van der Waals surface area contributed by atoms with Crippen molar-refractivity contribution in [1.82, 2.24) is 15.5 Å². The molecule has 3 N–H and O–H groups in total. The zero-order valence-corrected chi connectivity index (χ0v) is 20.1. The number of amides is 3. The highest BCUT2D eigenvalue weighted by Crippen LogP contribution is 2.30. The normalized spacial score (nSPS) is 13.2. The van der Waals surface area contributed by atoms with E-state index in [4.69, 9.17) is 4.74 Å². The molecule has 1 aromatic carbocycles. The molecule has 8 nitrogen and oxygen atoms in total. The van der Waals surface area contributed by atoms with Crippen LogP contribution in [0, 0.1) is 0 Å². The van der Waals surface area contributed by atoms with E-state index in [1.807, 2.05) is 41.5 Å². The smallest absolute Gasteiger partial charge is 0.408 e. The third-order valence-corrected chi connectivity index (χ3v) is 3.99. The van der Waals surface area contributed by atoms with Crippen molar-refractivity contribution in [2.24, 2.45) is 0 Å². The number of benzene rings is 1. The van der Waals surface area contributed by atoms with E-state index in [9.17, 15) is 19.5 Å². The van der Waals surface area contributed by atoms with Crippen LogP contribution in [0.3, 0.4) is 0 Å². The van der Waals surface area contributed by atoms with E-state index in [0.29, 0.717) is 5.56 Å². The van der Waals surface area contributed by atoms with Gasteiger partial charge >= 0.3 is 6.09 Å². The number of phenolic OH excluding ortho intramolecular Hbond substituents is 1. The highest BCUT2D eigenvalue weighted by molar-refractivity contribution is 5.91. The van der Waals surface area contributed by atoms with Gasteiger partial charge in [0.05, 0.1) is 0 Å². The first-order chi connectivity index (χ1) is 13.9. The third-order valence-electron chi connectivity index (χ3n) is 3.99. The van der Waals surface area contributed by atoms with Gasteiger partial charge in [0.2, 0.25) is 11.8 Å². The van der Waals surface area contributed by atoms with Crippen LogP contribution in [0.4, 0.5) is 4.79 Å². The van der Waals surface area contributed by atoms with Crippen LogP contribution < -0.4 is 10.6 Å². The topological polar surface area (TPSA) is 108 Å². The van der Waals surface area contributed by atoms with Crippen molar-refractivity contribution in [1.29, 1.82) is 0 Å². The summed E-state index contributed by atoms with van der Waals surface area (Å²) in [6, 6.07) is 5.19. The average Bonchev–Trinajstić information content (AvgIpc) is 2.54. The number of carbonyl (C=O) groups is 3. The van der Waals surface area contributed by atoms with Crippen molar-refractivity contribution in [3.05, 3.63) is 29.8 Å². The molecular formula is C23H37N3O5. The molecule has 0 heterocycles. The van der Waals surface area contributed by atoms with Gasteiger partial charge in [-0.15, -0.1) is 0 Å². The fraction of sp³-hybridized carbons (Fsp3) is 0.609. The molecule has 0 aromatic heterocycles. The first kappa shape index (κ1) is 26.3. The molecule has 1 atom stereocenters. The molecule has 0 bridgehead atoms. The van der Waals surface area contributed by atoms with Crippen LogP contribution in [0.2, 0.25) is 0 Å². The Labute approximate surface area is 185 Å². The van der Waals surface area contributed by atoms with Crippen molar-refractivity contribution in [3.8, 4) is 5.75 Å². The molecule has 1 rings (SSSR count). The lowest BCUT2D eigenvalue weighted by Crippen LogP contribution is -2.56. The Morgan fingerprint density at radius 3 is 1.90 bits per heavy atom. The minimum absolute atomic E-state index is 0.0546. The van der Waals surface area contributed by atoms with Gasteiger partial charge in [0.1, 0.15) is 23.9 Å². The molecule has 1 aromatic rings. The molecular weight excluding hydrogens is 398 g/mol. The largest absolute Gasteiger partial charge is 0.508 e. The zero-order valence-electron chi connectivity index (χ0n) is 20.1. The van der Waals surface area contributed by atoms with E-state index >= 15 is 0 Å². The molecule has 3 amide bonds. The molecule has 0 aliphatic carbocycles. The maximum Gasteiger partial charge on any atom is 0.408 e. The Hall–Kier alpha value is -2.77. The minimum Gasteiger partial charge on any atom is -0.508 e. The molecule has 0 fully saturated rings. The molecule has 31 heavy (non-hydrogen) atoms. The van der Waals surface area contributed by atoms with E-state index in [-0.39, 0.29) is 18.2 Å². The summed E-state index contributed by atoms with van der Waals surface area (Å²) in [5.74, 6) is -0.752. The van der Waals surface area contributed by atoms with E-state index in [1.54, 1.807) is 32.9 Å². The van der Waals surface area contributed by atoms with Crippen LogP contribution in [0.1, 0.15) is 73.9 Å². The van der Waals surface area contributed by atoms with Crippen LogP contribution in [-0.4, -0.2) is 51.1 Å². The number of nitrogens with zero attached hydrogens (tertiary/aromatic N) is 1. The fourth-order valence-corrected chi connectivity index (χ4v) is 2.96. The molecule has 0 aliphatic rings. The quantitative estimate of drug-likeness (QED) is 0.656. The first-order valence-electron chi connectivity index (χ1n) is 10.3. The van der Waals surface area contributed by atoms with Crippen LogP contribution >= 0.6 is 0 Å². The fourth-order valence-electron chi connectivity index (χ4n) is 2.96. The van der Waals surface area contributed by atoms with Crippen molar-refractivity contribution in [3.63, 3.8) is 0 Å². The highest BCUT2D eigenvalue weighted by Gasteiger charge is 2.39. The standard InChI is InChI=1S/C23H37N3O5/c1-21(2,3)25-19(29)18(15-10-12-16(27)13-11-15)26(22(4,5)6)17(28)14-24-20(30)31-23(7,8)9/h10-13,18,27H,14H2,1-9H3,(H,24,30)(H,25,29). The number of phenols is 1. The van der Waals surface area contributed by atoms with Crippen LogP contribution in [0.5, 0.6) is 5.75 Å². The summed E-state index contributed by atoms with van der Waals surface area (Å²) in [4.78, 5) is 40.0. The molecule has 0 saturated heterocycles. The molecule has 0 radical (unpaired) electrons. The number of rotatable bonds is 5. The van der Waals surface area contributed by atoms with Crippen molar-refractivity contribution in [2.75, 3.05) is 6.54 Å². The Morgan fingerprint density at radius 2 is 1.48 bits per heavy atom. The number of ether oxygens (including phenoxy) is 1. The summed E-state index contributed by atoms with van der Waals surface area (Å²) in [5.41, 5.74) is -1.42. The van der Waals surface area contributed by atoms with Crippen LogP contribution in [0.25, 0.3) is 0 Å². The number of hydrogen-bond donors (Lipinski definition) is 3. The van der Waals surface area contributed by atoms with Crippen molar-refractivity contribution < 1.29 is 24.2 Å². The lowest BCUT2D eigenvalue weighted by atomic mass is 9.95. The van der Waals surface area contributed by atoms with Gasteiger partial charge < -0.3 is 25.4 Å². The summed E-state index contributed by atoms with van der Waals surface area (Å²) >= 11 is 0. The zero-order chi connectivity index (χ0) is 24.2. The third kappa shape index (κ3) is 8.86. The molecule has 0 spiro atoms. The number of hydrogen-bond acceptors (Lipinski definition) is 5. The van der Waals surface area contributed by atoms with E-state index in [0.717, 1.165) is 0 Å². The van der Waals surface area contributed by atoms with Crippen molar-refractivity contribution >= 4 is 17.9 Å². The van der Waals surface area contributed by atoms with Gasteiger partial charge in [-0.2, -0.15) is 0 Å². The summed E-state index contributed by atoms with van der Waals surface area (Å²) in [5, 5.41) is 15.1.